The lowest BCUT2D eigenvalue weighted by Crippen LogP contribution is -2.26. The minimum Gasteiger partial charge on any atom is -0.490 e. The number of hydrogen-bond acceptors (Lipinski definition) is 3. The van der Waals surface area contributed by atoms with Gasteiger partial charge >= 0.3 is 0 Å². The van der Waals surface area contributed by atoms with Gasteiger partial charge in [0, 0.05) is 12.1 Å². The van der Waals surface area contributed by atoms with Gasteiger partial charge in [-0.25, -0.2) is 0 Å². The smallest absolute Gasteiger partial charge is 0.126 e. The Hall–Kier alpha value is -1.32. The Labute approximate surface area is 90.2 Å². The van der Waals surface area contributed by atoms with Gasteiger partial charge in [-0.15, -0.1) is 0 Å². The zero-order chi connectivity index (χ0) is 11.1. The van der Waals surface area contributed by atoms with Gasteiger partial charge in [0.2, 0.25) is 0 Å². The Balaban J connectivity index is 2.67. The average molecular weight is 207 g/mol. The van der Waals surface area contributed by atoms with Crippen LogP contribution in [0.4, 0.5) is 0 Å². The second kappa shape index (κ2) is 6.22. The number of benzene rings is 1. The molecule has 1 aromatic rings. The lowest BCUT2D eigenvalue weighted by molar-refractivity contribution is 0.114. The lowest BCUT2D eigenvalue weighted by atomic mass is 10.2. The summed E-state index contributed by atoms with van der Waals surface area (Å²) in [5.41, 5.74) is 6.29. The predicted molar refractivity (Wildman–Crippen MR) is 61.7 cm³/mol. The first-order valence-electron chi connectivity index (χ1n) is 5.00. The van der Waals surface area contributed by atoms with Crippen molar-refractivity contribution in [2.75, 3.05) is 13.2 Å². The monoisotopic (exact) mass is 207 g/mol. The number of allylic oxidation sites excluding steroid dienone is 1. The van der Waals surface area contributed by atoms with Crippen LogP contribution in [-0.2, 0) is 0 Å². The van der Waals surface area contributed by atoms with Crippen molar-refractivity contribution in [1.29, 1.82) is 0 Å². The third-order valence-corrected chi connectivity index (χ3v) is 1.97. The highest BCUT2D eigenvalue weighted by Crippen LogP contribution is 2.19. The quantitative estimate of drug-likeness (QED) is 0.767. The summed E-state index contributed by atoms with van der Waals surface area (Å²) in [6, 6.07) is 7.68. The van der Waals surface area contributed by atoms with E-state index < -0.39 is 6.10 Å². The van der Waals surface area contributed by atoms with Crippen LogP contribution >= 0.6 is 0 Å². The fourth-order valence-electron chi connectivity index (χ4n) is 1.18. The van der Waals surface area contributed by atoms with E-state index in [0.717, 1.165) is 11.3 Å². The summed E-state index contributed by atoms with van der Waals surface area (Å²) in [6.45, 7) is 2.39. The van der Waals surface area contributed by atoms with Gasteiger partial charge in [0.1, 0.15) is 18.5 Å². The van der Waals surface area contributed by atoms with E-state index in [2.05, 4.69) is 0 Å². The van der Waals surface area contributed by atoms with Crippen LogP contribution in [-0.4, -0.2) is 24.4 Å². The average Bonchev–Trinajstić information content (AvgIpc) is 2.28. The first-order chi connectivity index (χ1) is 7.27. The highest BCUT2D eigenvalue weighted by atomic mass is 16.5. The fraction of sp³-hybridized carbons (Fsp3) is 0.333. The Morgan fingerprint density at radius 1 is 1.47 bits per heavy atom. The molecule has 0 aromatic heterocycles. The van der Waals surface area contributed by atoms with E-state index in [1.165, 1.54) is 0 Å². The van der Waals surface area contributed by atoms with Crippen molar-refractivity contribution in [2.45, 2.75) is 13.0 Å². The molecule has 0 saturated carbocycles. The van der Waals surface area contributed by atoms with E-state index in [-0.39, 0.29) is 13.2 Å². The van der Waals surface area contributed by atoms with Crippen LogP contribution in [0.15, 0.2) is 30.3 Å². The first kappa shape index (κ1) is 11.8. The van der Waals surface area contributed by atoms with Gasteiger partial charge in [0.15, 0.2) is 0 Å². The number of para-hydroxylation sites is 1. The molecule has 0 aliphatic carbocycles. The van der Waals surface area contributed by atoms with Gasteiger partial charge in [-0.1, -0.05) is 30.4 Å². The van der Waals surface area contributed by atoms with Crippen LogP contribution in [0, 0.1) is 0 Å². The molecule has 15 heavy (non-hydrogen) atoms. The minimum atomic E-state index is -0.608. The molecule has 0 spiro atoms. The summed E-state index contributed by atoms with van der Waals surface area (Å²) >= 11 is 0. The molecular weight excluding hydrogens is 190 g/mol. The summed E-state index contributed by atoms with van der Waals surface area (Å²) in [4.78, 5) is 0. The standard InChI is InChI=1S/C12H17NO2/c1-2-5-10-6-3-4-7-12(10)15-9-11(14)8-13/h2-7,11,14H,8-9,13H2,1H3/b5-2-. The van der Waals surface area contributed by atoms with E-state index >= 15 is 0 Å². The number of rotatable bonds is 5. The molecule has 0 radical (unpaired) electrons. The molecule has 1 rings (SSSR count). The first-order valence-corrected chi connectivity index (χ1v) is 5.00. The van der Waals surface area contributed by atoms with Crippen LogP contribution in [0.3, 0.4) is 0 Å². The second-order valence-electron chi connectivity index (χ2n) is 3.24. The molecule has 82 valence electrons. The van der Waals surface area contributed by atoms with Crippen molar-refractivity contribution in [1.82, 2.24) is 0 Å². The van der Waals surface area contributed by atoms with Gasteiger partial charge in [0.05, 0.1) is 0 Å². The summed E-state index contributed by atoms with van der Waals surface area (Å²) in [6.07, 6.45) is 3.30. The van der Waals surface area contributed by atoms with Crippen molar-refractivity contribution < 1.29 is 9.84 Å². The predicted octanol–water partition coefficient (Wildman–Crippen LogP) is 1.42. The number of nitrogens with two attached hydrogens (primary N) is 1. The molecule has 1 unspecified atom stereocenters. The maximum Gasteiger partial charge on any atom is 0.126 e. The van der Waals surface area contributed by atoms with Gasteiger partial charge in [-0.3, -0.25) is 0 Å². The van der Waals surface area contributed by atoms with Crippen molar-refractivity contribution >= 4 is 6.08 Å². The van der Waals surface area contributed by atoms with Crippen molar-refractivity contribution in [2.24, 2.45) is 5.73 Å². The summed E-state index contributed by atoms with van der Waals surface area (Å²) < 4.78 is 5.46. The Morgan fingerprint density at radius 2 is 2.20 bits per heavy atom. The lowest BCUT2D eigenvalue weighted by Gasteiger charge is -2.12. The Bertz CT molecular complexity index is 323. The van der Waals surface area contributed by atoms with Gasteiger partial charge in [-0.2, -0.15) is 0 Å². The van der Waals surface area contributed by atoms with Crippen molar-refractivity contribution in [3.63, 3.8) is 0 Å². The van der Waals surface area contributed by atoms with Crippen LogP contribution in [0.1, 0.15) is 12.5 Å². The third-order valence-electron chi connectivity index (χ3n) is 1.97. The van der Waals surface area contributed by atoms with Crippen molar-refractivity contribution in [3.05, 3.63) is 35.9 Å². The normalized spacial score (nSPS) is 13.0. The number of aliphatic hydroxyl groups excluding tert-OH is 1. The second-order valence-corrected chi connectivity index (χ2v) is 3.24. The molecule has 0 bridgehead atoms. The molecule has 3 heteroatoms. The number of hydrogen-bond donors (Lipinski definition) is 2. The van der Waals surface area contributed by atoms with E-state index in [1.54, 1.807) is 0 Å². The van der Waals surface area contributed by atoms with Crippen LogP contribution in [0.2, 0.25) is 0 Å². The summed E-state index contributed by atoms with van der Waals surface area (Å²) in [5, 5.41) is 9.27. The highest BCUT2D eigenvalue weighted by molar-refractivity contribution is 5.56. The molecular formula is C12H17NO2. The SMILES string of the molecule is C/C=C\c1ccccc1OCC(O)CN. The maximum atomic E-state index is 9.27. The molecule has 0 aliphatic heterocycles. The fourth-order valence-corrected chi connectivity index (χ4v) is 1.18. The Morgan fingerprint density at radius 3 is 2.87 bits per heavy atom. The van der Waals surface area contributed by atoms with Crippen molar-refractivity contribution in [3.8, 4) is 5.75 Å². The van der Waals surface area contributed by atoms with E-state index in [4.69, 9.17) is 10.5 Å². The van der Waals surface area contributed by atoms with E-state index in [9.17, 15) is 5.11 Å². The van der Waals surface area contributed by atoms with E-state index in [0.29, 0.717) is 0 Å². The molecule has 0 aliphatic rings. The van der Waals surface area contributed by atoms with Gasteiger partial charge < -0.3 is 15.6 Å². The zero-order valence-corrected chi connectivity index (χ0v) is 8.89. The summed E-state index contributed by atoms with van der Waals surface area (Å²) in [5.74, 6) is 0.767. The van der Waals surface area contributed by atoms with Crippen LogP contribution in [0.25, 0.3) is 6.08 Å². The third kappa shape index (κ3) is 3.73. The number of ether oxygens (including phenoxy) is 1. The molecule has 0 fully saturated rings. The molecule has 0 amide bonds. The highest BCUT2D eigenvalue weighted by Gasteiger charge is 2.04. The summed E-state index contributed by atoms with van der Waals surface area (Å²) in [7, 11) is 0. The topological polar surface area (TPSA) is 55.5 Å². The minimum absolute atomic E-state index is 0.214. The molecule has 1 atom stereocenters. The molecule has 3 N–H and O–H groups in total. The molecule has 0 heterocycles. The largest absolute Gasteiger partial charge is 0.490 e. The number of aliphatic hydroxyl groups is 1. The van der Waals surface area contributed by atoms with E-state index in [1.807, 2.05) is 43.3 Å². The van der Waals surface area contributed by atoms with Crippen LogP contribution in [0.5, 0.6) is 5.75 Å². The van der Waals surface area contributed by atoms with Gasteiger partial charge in [-0.05, 0) is 13.0 Å². The molecule has 0 saturated heterocycles. The molecule has 1 aromatic carbocycles. The zero-order valence-electron chi connectivity index (χ0n) is 8.89. The molecule has 3 nitrogen and oxygen atoms in total. The van der Waals surface area contributed by atoms with Crippen LogP contribution < -0.4 is 10.5 Å². The Kier molecular flexibility index (Phi) is 4.87. The maximum absolute atomic E-state index is 9.27. The van der Waals surface area contributed by atoms with Gasteiger partial charge in [0.25, 0.3) is 0 Å².